The van der Waals surface area contributed by atoms with Crippen LogP contribution in [0.15, 0.2) is 24.3 Å². The van der Waals surface area contributed by atoms with Crippen molar-refractivity contribution in [2.45, 2.75) is 12.8 Å². The summed E-state index contributed by atoms with van der Waals surface area (Å²) >= 11 is 0. The van der Waals surface area contributed by atoms with Crippen LogP contribution in [0.5, 0.6) is 0 Å². The average Bonchev–Trinajstić information content (AvgIpc) is 2.39. The Hall–Kier alpha value is -1.32. The number of benzene rings is 1. The van der Waals surface area contributed by atoms with Gasteiger partial charge in [0.15, 0.2) is 0 Å². The third kappa shape index (κ3) is 3.66. The molecule has 1 aliphatic heterocycles. The van der Waals surface area contributed by atoms with Gasteiger partial charge in [0.2, 0.25) is 10.0 Å². The summed E-state index contributed by atoms with van der Waals surface area (Å²) in [6, 6.07) is 6.33. The van der Waals surface area contributed by atoms with Crippen molar-refractivity contribution in [1.82, 2.24) is 4.31 Å². The van der Waals surface area contributed by atoms with Crippen molar-refractivity contribution in [3.05, 3.63) is 24.3 Å². The van der Waals surface area contributed by atoms with E-state index in [1.54, 1.807) is 24.3 Å². The van der Waals surface area contributed by atoms with Crippen molar-refractivity contribution in [1.29, 1.82) is 0 Å². The number of hydrogen-bond acceptors (Lipinski definition) is 4. The number of nitrogens with zero attached hydrogens (tertiary/aromatic N) is 2. The second-order valence-electron chi connectivity index (χ2n) is 5.03. The zero-order valence-electron chi connectivity index (χ0n) is 12.0. The minimum Gasteiger partial charge on any atom is -0.271 e. The number of nitrogens with one attached hydrogen (secondary N) is 1. The van der Waals surface area contributed by atoms with Gasteiger partial charge < -0.3 is 0 Å². The highest BCUT2D eigenvalue weighted by Gasteiger charge is 2.25. The SMILES string of the molecule is CN(C)S(=O)(=O)Nc1ccc(N2CCCCS2(=O)=O)cc1. The Kier molecular flexibility index (Phi) is 4.45. The predicted octanol–water partition coefficient (Wildman–Crippen LogP) is 0.835. The van der Waals surface area contributed by atoms with Gasteiger partial charge in [-0.2, -0.15) is 12.7 Å². The smallest absolute Gasteiger partial charge is 0.271 e. The summed E-state index contributed by atoms with van der Waals surface area (Å²) in [6.45, 7) is 0.463. The second kappa shape index (κ2) is 5.82. The quantitative estimate of drug-likeness (QED) is 0.884. The molecule has 0 unspecified atom stereocenters. The number of sulfonamides is 1. The molecule has 0 amide bonds. The van der Waals surface area contributed by atoms with Gasteiger partial charge in [-0.1, -0.05) is 0 Å². The van der Waals surface area contributed by atoms with Gasteiger partial charge in [0, 0.05) is 26.3 Å². The van der Waals surface area contributed by atoms with Gasteiger partial charge in [-0.3, -0.25) is 9.03 Å². The van der Waals surface area contributed by atoms with E-state index in [4.69, 9.17) is 0 Å². The molecule has 0 spiro atoms. The molecular formula is C12H19N3O4S2. The molecule has 1 heterocycles. The van der Waals surface area contributed by atoms with E-state index >= 15 is 0 Å². The molecule has 7 nitrogen and oxygen atoms in total. The van der Waals surface area contributed by atoms with Crippen molar-refractivity contribution in [2.24, 2.45) is 0 Å². The maximum absolute atomic E-state index is 12.0. The van der Waals surface area contributed by atoms with Crippen molar-refractivity contribution < 1.29 is 16.8 Å². The minimum absolute atomic E-state index is 0.155. The average molecular weight is 333 g/mol. The largest absolute Gasteiger partial charge is 0.301 e. The Bertz CT molecular complexity index is 697. The molecule has 1 aromatic rings. The molecule has 1 N–H and O–H groups in total. The summed E-state index contributed by atoms with van der Waals surface area (Å²) in [5.41, 5.74) is 0.948. The van der Waals surface area contributed by atoms with E-state index in [2.05, 4.69) is 4.72 Å². The molecule has 1 aliphatic rings. The lowest BCUT2D eigenvalue weighted by Gasteiger charge is -2.28. The Labute approximate surface area is 125 Å². The molecular weight excluding hydrogens is 314 g/mol. The van der Waals surface area contributed by atoms with Gasteiger partial charge in [-0.05, 0) is 37.1 Å². The Morgan fingerprint density at radius 3 is 2.29 bits per heavy atom. The third-order valence-electron chi connectivity index (χ3n) is 3.23. The van der Waals surface area contributed by atoms with Gasteiger partial charge in [0.1, 0.15) is 0 Å². The Morgan fingerprint density at radius 2 is 1.76 bits per heavy atom. The van der Waals surface area contributed by atoms with E-state index < -0.39 is 20.2 Å². The highest BCUT2D eigenvalue weighted by Crippen LogP contribution is 2.25. The molecule has 0 aliphatic carbocycles. The van der Waals surface area contributed by atoms with Crippen LogP contribution in [0.1, 0.15) is 12.8 Å². The molecule has 0 bridgehead atoms. The fraction of sp³-hybridized carbons (Fsp3) is 0.500. The third-order valence-corrected chi connectivity index (χ3v) is 6.56. The Morgan fingerprint density at radius 1 is 1.14 bits per heavy atom. The van der Waals surface area contributed by atoms with Gasteiger partial charge in [0.25, 0.3) is 0 Å². The van der Waals surface area contributed by atoms with Crippen LogP contribution in [0.2, 0.25) is 0 Å². The molecule has 1 aromatic carbocycles. The second-order valence-corrected chi connectivity index (χ2v) is 8.93. The summed E-state index contributed by atoms with van der Waals surface area (Å²) in [7, 11) is -3.96. The van der Waals surface area contributed by atoms with Crippen molar-refractivity contribution >= 4 is 31.6 Å². The van der Waals surface area contributed by atoms with Crippen LogP contribution in [0, 0.1) is 0 Å². The summed E-state index contributed by atoms with van der Waals surface area (Å²) in [6.07, 6.45) is 1.51. The zero-order chi connectivity index (χ0) is 15.7. The standard InChI is InChI=1S/C12H19N3O4S2/c1-14(2)21(18,19)13-11-5-7-12(8-6-11)15-9-3-4-10-20(15,16)17/h5-8,13H,3-4,9-10H2,1-2H3. The number of anilines is 2. The van der Waals surface area contributed by atoms with Crippen LogP contribution >= 0.6 is 0 Å². The first-order valence-corrected chi connectivity index (χ1v) is 9.58. The van der Waals surface area contributed by atoms with E-state index in [9.17, 15) is 16.8 Å². The minimum atomic E-state index is -3.56. The maximum Gasteiger partial charge on any atom is 0.301 e. The molecule has 118 valence electrons. The van der Waals surface area contributed by atoms with Crippen LogP contribution in [0.25, 0.3) is 0 Å². The van der Waals surface area contributed by atoms with Crippen LogP contribution in [-0.2, 0) is 20.2 Å². The zero-order valence-corrected chi connectivity index (χ0v) is 13.6. The highest BCUT2D eigenvalue weighted by atomic mass is 32.2. The first-order chi connectivity index (χ1) is 9.72. The summed E-state index contributed by atoms with van der Waals surface area (Å²) in [5, 5.41) is 0. The van der Waals surface area contributed by atoms with Crippen LogP contribution in [-0.4, -0.2) is 47.5 Å². The number of rotatable bonds is 4. The molecule has 1 fully saturated rings. The fourth-order valence-electron chi connectivity index (χ4n) is 2.01. The fourth-order valence-corrected chi connectivity index (χ4v) is 4.27. The summed E-state index contributed by atoms with van der Waals surface area (Å²) in [4.78, 5) is 0. The Balaban J connectivity index is 2.20. The van der Waals surface area contributed by atoms with Gasteiger partial charge >= 0.3 is 10.2 Å². The van der Waals surface area contributed by atoms with Gasteiger partial charge in [-0.25, -0.2) is 8.42 Å². The molecule has 21 heavy (non-hydrogen) atoms. The molecule has 9 heteroatoms. The molecule has 1 saturated heterocycles. The lowest BCUT2D eigenvalue weighted by Crippen LogP contribution is -2.37. The molecule has 0 saturated carbocycles. The van der Waals surface area contributed by atoms with Crippen molar-refractivity contribution in [3.8, 4) is 0 Å². The van der Waals surface area contributed by atoms with Crippen molar-refractivity contribution in [3.63, 3.8) is 0 Å². The first-order valence-electron chi connectivity index (χ1n) is 6.53. The van der Waals surface area contributed by atoms with Crippen LogP contribution < -0.4 is 9.03 Å². The summed E-state index contributed by atoms with van der Waals surface area (Å²) < 4.78 is 52.2. The van der Waals surface area contributed by atoms with Crippen molar-refractivity contribution in [2.75, 3.05) is 35.4 Å². The van der Waals surface area contributed by atoms with Gasteiger partial charge in [0.05, 0.1) is 11.4 Å². The lowest BCUT2D eigenvalue weighted by atomic mass is 10.2. The van der Waals surface area contributed by atoms with Gasteiger partial charge in [-0.15, -0.1) is 0 Å². The lowest BCUT2D eigenvalue weighted by molar-refractivity contribution is 0.527. The topological polar surface area (TPSA) is 86.8 Å². The first kappa shape index (κ1) is 16.1. The van der Waals surface area contributed by atoms with E-state index in [0.29, 0.717) is 24.3 Å². The molecule has 0 atom stereocenters. The molecule has 2 rings (SSSR count). The maximum atomic E-state index is 12.0. The summed E-state index contributed by atoms with van der Waals surface area (Å²) in [5.74, 6) is 0.155. The van der Waals surface area contributed by atoms with E-state index in [1.807, 2.05) is 0 Å². The predicted molar refractivity (Wildman–Crippen MR) is 83.0 cm³/mol. The molecule has 0 radical (unpaired) electrons. The number of hydrogen-bond donors (Lipinski definition) is 1. The van der Waals surface area contributed by atoms with Crippen LogP contribution in [0.3, 0.4) is 0 Å². The van der Waals surface area contributed by atoms with E-state index in [1.165, 1.54) is 18.4 Å². The highest BCUT2D eigenvalue weighted by molar-refractivity contribution is 7.92. The van der Waals surface area contributed by atoms with E-state index in [0.717, 1.165) is 10.7 Å². The van der Waals surface area contributed by atoms with Crippen LogP contribution in [0.4, 0.5) is 11.4 Å². The van der Waals surface area contributed by atoms with E-state index in [-0.39, 0.29) is 5.75 Å². The monoisotopic (exact) mass is 333 g/mol. The molecule has 0 aromatic heterocycles. The normalized spacial score (nSPS) is 18.7.